The summed E-state index contributed by atoms with van der Waals surface area (Å²) in [5, 5.41) is 3.40. The smallest absolute Gasteiger partial charge is 0.219 e. The van der Waals surface area contributed by atoms with Gasteiger partial charge in [0.05, 0.1) is 6.04 Å². The van der Waals surface area contributed by atoms with Crippen LogP contribution in [-0.4, -0.2) is 34.9 Å². The molecule has 0 bridgehead atoms. The van der Waals surface area contributed by atoms with E-state index in [4.69, 9.17) is 0 Å². The van der Waals surface area contributed by atoms with Crippen molar-refractivity contribution in [2.45, 2.75) is 46.1 Å². The topological polar surface area (TPSA) is 45.2 Å². The van der Waals surface area contributed by atoms with Gasteiger partial charge in [-0.3, -0.25) is 4.79 Å². The number of aryl methyl sites for hydroxylation is 1. The van der Waals surface area contributed by atoms with E-state index in [0.29, 0.717) is 6.04 Å². The van der Waals surface area contributed by atoms with E-state index < -0.39 is 0 Å². The maximum Gasteiger partial charge on any atom is 0.219 e. The summed E-state index contributed by atoms with van der Waals surface area (Å²) >= 11 is 0. The molecule has 1 aromatic rings. The van der Waals surface area contributed by atoms with Crippen LogP contribution in [0.5, 0.6) is 0 Å². The fraction of sp³-hybridized carbons (Fsp3) is 0.600. The molecule has 4 nitrogen and oxygen atoms in total. The van der Waals surface area contributed by atoms with Gasteiger partial charge in [0.1, 0.15) is 5.82 Å². The molecule has 1 amide bonds. The Balaban J connectivity index is 0.00000200. The number of hydrogen-bond donors (Lipinski definition) is 1. The van der Waals surface area contributed by atoms with Crippen molar-refractivity contribution in [2.75, 3.05) is 18.4 Å². The molecule has 1 aromatic heterocycles. The molecule has 19 heavy (non-hydrogen) atoms. The second-order valence-corrected chi connectivity index (χ2v) is 6.40. The maximum atomic E-state index is 11.1. The Kier molecular flexibility index (Phi) is 3.52. The third-order valence-corrected chi connectivity index (χ3v) is 3.59. The van der Waals surface area contributed by atoms with Gasteiger partial charge in [0, 0.05) is 27.6 Å². The van der Waals surface area contributed by atoms with Gasteiger partial charge in [0.25, 0.3) is 0 Å². The van der Waals surface area contributed by atoms with Crippen LogP contribution < -0.4 is 5.32 Å². The minimum absolute atomic E-state index is 0. The first-order valence-electron chi connectivity index (χ1n) is 6.76. The van der Waals surface area contributed by atoms with Crippen molar-refractivity contribution in [1.82, 2.24) is 9.88 Å². The van der Waals surface area contributed by atoms with Gasteiger partial charge in [-0.2, -0.15) is 0 Å². The van der Waals surface area contributed by atoms with E-state index in [1.807, 2.05) is 11.1 Å². The van der Waals surface area contributed by atoms with Crippen LogP contribution in [0.15, 0.2) is 12.3 Å². The van der Waals surface area contributed by atoms with Crippen molar-refractivity contribution in [1.29, 1.82) is 0 Å². The molecule has 0 aliphatic carbocycles. The highest BCUT2D eigenvalue weighted by atomic mass is 16.2. The quantitative estimate of drug-likeness (QED) is 0.892. The van der Waals surface area contributed by atoms with Gasteiger partial charge in [-0.05, 0) is 29.5 Å². The molecule has 1 aliphatic heterocycles. The first-order valence-corrected chi connectivity index (χ1v) is 6.76. The number of amides is 1. The van der Waals surface area contributed by atoms with Crippen molar-refractivity contribution >= 4 is 11.7 Å². The number of hydrogen-bond acceptors (Lipinski definition) is 3. The number of anilines is 1. The van der Waals surface area contributed by atoms with Crippen LogP contribution in [0.3, 0.4) is 0 Å². The number of pyridine rings is 1. The average molecular weight is 263 g/mol. The van der Waals surface area contributed by atoms with Crippen LogP contribution in [0, 0.1) is 6.92 Å². The number of carbonyl (C=O) groups is 1. The summed E-state index contributed by atoms with van der Waals surface area (Å²) in [6.45, 7) is 11.9. The SMILES string of the molecule is CC(=O)N1CC(Nc2cc(C(C)(C)C)c(C)cn2)C1.[HH]. The van der Waals surface area contributed by atoms with Gasteiger partial charge in [0.15, 0.2) is 0 Å². The van der Waals surface area contributed by atoms with E-state index in [9.17, 15) is 4.79 Å². The molecule has 4 heteroatoms. The van der Waals surface area contributed by atoms with Gasteiger partial charge in [-0.1, -0.05) is 20.8 Å². The van der Waals surface area contributed by atoms with E-state index in [0.717, 1.165) is 18.9 Å². The van der Waals surface area contributed by atoms with Crippen LogP contribution in [0.1, 0.15) is 40.2 Å². The lowest BCUT2D eigenvalue weighted by molar-refractivity contribution is -0.132. The number of rotatable bonds is 2. The van der Waals surface area contributed by atoms with E-state index in [-0.39, 0.29) is 12.7 Å². The van der Waals surface area contributed by atoms with Crippen LogP contribution >= 0.6 is 0 Å². The van der Waals surface area contributed by atoms with Crippen LogP contribution in [0.2, 0.25) is 0 Å². The highest BCUT2D eigenvalue weighted by Gasteiger charge is 2.28. The van der Waals surface area contributed by atoms with E-state index in [1.54, 1.807) is 6.92 Å². The maximum absolute atomic E-state index is 11.1. The summed E-state index contributed by atoms with van der Waals surface area (Å²) in [7, 11) is 0. The average Bonchev–Trinajstić information content (AvgIpc) is 2.22. The summed E-state index contributed by atoms with van der Waals surface area (Å²) in [5.41, 5.74) is 2.65. The largest absolute Gasteiger partial charge is 0.364 e. The molecule has 0 radical (unpaired) electrons. The number of nitrogens with one attached hydrogen (secondary N) is 1. The van der Waals surface area contributed by atoms with E-state index in [2.05, 4.69) is 44.1 Å². The van der Waals surface area contributed by atoms with Crippen molar-refractivity contribution in [3.63, 3.8) is 0 Å². The second-order valence-electron chi connectivity index (χ2n) is 6.40. The Labute approximate surface area is 116 Å². The lowest BCUT2D eigenvalue weighted by Crippen LogP contribution is -2.56. The lowest BCUT2D eigenvalue weighted by atomic mass is 9.85. The fourth-order valence-electron chi connectivity index (χ4n) is 2.45. The Morgan fingerprint density at radius 2 is 2.11 bits per heavy atom. The third-order valence-electron chi connectivity index (χ3n) is 3.59. The highest BCUT2D eigenvalue weighted by Crippen LogP contribution is 2.27. The van der Waals surface area contributed by atoms with Crippen molar-refractivity contribution < 1.29 is 6.22 Å². The monoisotopic (exact) mass is 263 g/mol. The Morgan fingerprint density at radius 3 is 2.63 bits per heavy atom. The minimum atomic E-state index is 0. The third kappa shape index (κ3) is 3.06. The molecular weight excluding hydrogens is 238 g/mol. The van der Waals surface area contributed by atoms with Gasteiger partial charge in [-0.25, -0.2) is 4.98 Å². The van der Waals surface area contributed by atoms with Crippen molar-refractivity contribution in [3.8, 4) is 0 Å². The summed E-state index contributed by atoms with van der Waals surface area (Å²) in [6.07, 6.45) is 1.92. The fourth-order valence-corrected chi connectivity index (χ4v) is 2.45. The highest BCUT2D eigenvalue weighted by molar-refractivity contribution is 5.74. The predicted octanol–water partition coefficient (Wildman–Crippen LogP) is 2.58. The number of aromatic nitrogens is 1. The summed E-state index contributed by atoms with van der Waals surface area (Å²) in [6, 6.07) is 2.46. The molecule has 0 unspecified atom stereocenters. The number of likely N-dealkylation sites (tertiary alicyclic amines) is 1. The van der Waals surface area contributed by atoms with Gasteiger partial charge in [-0.15, -0.1) is 0 Å². The zero-order valence-corrected chi connectivity index (χ0v) is 12.4. The van der Waals surface area contributed by atoms with Crippen LogP contribution in [0.25, 0.3) is 0 Å². The molecule has 106 valence electrons. The summed E-state index contributed by atoms with van der Waals surface area (Å²) in [4.78, 5) is 17.4. The molecular formula is C15H25N3O. The molecule has 1 fully saturated rings. The zero-order valence-electron chi connectivity index (χ0n) is 12.4. The molecule has 0 saturated carbocycles. The summed E-state index contributed by atoms with van der Waals surface area (Å²) in [5.74, 6) is 1.05. The Hall–Kier alpha value is -1.58. The standard InChI is InChI=1S/C15H23N3O.H2/c1-10-7-16-14(6-13(10)15(3,4)5)17-12-8-18(9-12)11(2)19;/h6-7,12H,8-9H2,1-5H3,(H,16,17);1H. The van der Waals surface area contributed by atoms with E-state index in [1.165, 1.54) is 11.1 Å². The normalized spacial score (nSPS) is 16.2. The summed E-state index contributed by atoms with van der Waals surface area (Å²) < 4.78 is 0. The van der Waals surface area contributed by atoms with Crippen molar-refractivity contribution in [2.24, 2.45) is 0 Å². The molecule has 0 atom stereocenters. The molecule has 0 spiro atoms. The van der Waals surface area contributed by atoms with Crippen LogP contribution in [-0.2, 0) is 10.2 Å². The predicted molar refractivity (Wildman–Crippen MR) is 79.5 cm³/mol. The molecule has 1 N–H and O–H groups in total. The lowest BCUT2D eigenvalue weighted by Gasteiger charge is -2.39. The number of carbonyl (C=O) groups excluding carboxylic acids is 1. The first kappa shape index (κ1) is 13.8. The zero-order chi connectivity index (χ0) is 14.2. The molecule has 2 rings (SSSR count). The van der Waals surface area contributed by atoms with Gasteiger partial charge < -0.3 is 10.2 Å². The minimum Gasteiger partial charge on any atom is -0.364 e. The molecule has 2 heterocycles. The van der Waals surface area contributed by atoms with Gasteiger partial charge in [0.2, 0.25) is 5.91 Å². The molecule has 0 aromatic carbocycles. The molecule has 1 aliphatic rings. The first-order chi connectivity index (χ1) is 8.77. The Morgan fingerprint density at radius 1 is 1.47 bits per heavy atom. The van der Waals surface area contributed by atoms with E-state index >= 15 is 0 Å². The van der Waals surface area contributed by atoms with Crippen molar-refractivity contribution in [3.05, 3.63) is 23.4 Å². The van der Waals surface area contributed by atoms with Crippen LogP contribution in [0.4, 0.5) is 5.82 Å². The molecule has 1 saturated heterocycles. The second kappa shape index (κ2) is 4.83. The number of nitrogens with zero attached hydrogens (tertiary/aromatic N) is 2. The Bertz CT molecular complexity index is 490. The van der Waals surface area contributed by atoms with Gasteiger partial charge >= 0.3 is 0 Å².